The van der Waals surface area contributed by atoms with E-state index < -0.39 is 0 Å². The Morgan fingerprint density at radius 3 is 2.55 bits per heavy atom. The van der Waals surface area contributed by atoms with Crippen molar-refractivity contribution in [1.29, 1.82) is 0 Å². The molecule has 1 fully saturated rings. The molecule has 1 aromatic rings. The topological polar surface area (TPSA) is 52.7 Å². The zero-order valence-corrected chi connectivity index (χ0v) is 13.6. The van der Waals surface area contributed by atoms with E-state index in [0.717, 1.165) is 37.3 Å². The van der Waals surface area contributed by atoms with E-state index in [0.29, 0.717) is 6.54 Å². The summed E-state index contributed by atoms with van der Waals surface area (Å²) in [6.07, 6.45) is 0.904. The highest BCUT2D eigenvalue weighted by atomic mass is 16.2. The SMILES string of the molecule is CC(=O)N1CCCN(C(C)C(=O)Nc2ccccc2C)CC1. The highest BCUT2D eigenvalue weighted by Gasteiger charge is 2.24. The van der Waals surface area contributed by atoms with Crippen LogP contribution in [0.5, 0.6) is 0 Å². The molecule has 2 amide bonds. The van der Waals surface area contributed by atoms with Crippen LogP contribution in [-0.4, -0.2) is 53.8 Å². The molecule has 5 heteroatoms. The highest BCUT2D eigenvalue weighted by molar-refractivity contribution is 5.95. The van der Waals surface area contributed by atoms with Gasteiger partial charge in [0.25, 0.3) is 0 Å². The van der Waals surface area contributed by atoms with Gasteiger partial charge >= 0.3 is 0 Å². The molecule has 22 heavy (non-hydrogen) atoms. The van der Waals surface area contributed by atoms with Gasteiger partial charge in [-0.1, -0.05) is 18.2 Å². The number of anilines is 1. The van der Waals surface area contributed by atoms with Gasteiger partial charge in [-0.05, 0) is 31.9 Å². The molecule has 0 bridgehead atoms. The minimum absolute atomic E-state index is 0.00516. The van der Waals surface area contributed by atoms with Gasteiger partial charge in [-0.15, -0.1) is 0 Å². The Kier molecular flexibility index (Phi) is 5.55. The van der Waals surface area contributed by atoms with Crippen LogP contribution >= 0.6 is 0 Å². The maximum absolute atomic E-state index is 12.5. The second-order valence-electron chi connectivity index (χ2n) is 5.88. The van der Waals surface area contributed by atoms with Crippen molar-refractivity contribution in [3.8, 4) is 0 Å². The first kappa shape index (κ1) is 16.5. The molecule has 0 saturated carbocycles. The monoisotopic (exact) mass is 303 g/mol. The van der Waals surface area contributed by atoms with Crippen LogP contribution in [0.15, 0.2) is 24.3 Å². The average molecular weight is 303 g/mol. The molecule has 1 heterocycles. The fourth-order valence-electron chi connectivity index (χ4n) is 2.76. The van der Waals surface area contributed by atoms with E-state index in [9.17, 15) is 9.59 Å². The molecule has 2 rings (SSSR count). The molecule has 5 nitrogen and oxygen atoms in total. The van der Waals surface area contributed by atoms with Crippen LogP contribution in [0.25, 0.3) is 0 Å². The van der Waals surface area contributed by atoms with Crippen molar-refractivity contribution < 1.29 is 9.59 Å². The number of carbonyl (C=O) groups excluding carboxylic acids is 2. The zero-order chi connectivity index (χ0) is 16.1. The van der Waals surface area contributed by atoms with Gasteiger partial charge in [-0.25, -0.2) is 0 Å². The van der Waals surface area contributed by atoms with Gasteiger partial charge in [0, 0.05) is 38.8 Å². The van der Waals surface area contributed by atoms with E-state index in [4.69, 9.17) is 0 Å². The summed E-state index contributed by atoms with van der Waals surface area (Å²) in [5.41, 5.74) is 1.92. The Morgan fingerprint density at radius 1 is 1.14 bits per heavy atom. The normalized spacial score (nSPS) is 17.7. The van der Waals surface area contributed by atoms with Crippen LogP contribution in [0, 0.1) is 6.92 Å². The molecular weight excluding hydrogens is 278 g/mol. The molecule has 0 spiro atoms. The number of hydrogen-bond donors (Lipinski definition) is 1. The van der Waals surface area contributed by atoms with E-state index in [-0.39, 0.29) is 17.9 Å². The van der Waals surface area contributed by atoms with Crippen LogP contribution in [0.4, 0.5) is 5.69 Å². The zero-order valence-electron chi connectivity index (χ0n) is 13.6. The molecule has 1 aliphatic rings. The first-order valence-electron chi connectivity index (χ1n) is 7.85. The Hall–Kier alpha value is -1.88. The number of para-hydroxylation sites is 1. The molecular formula is C17H25N3O2. The lowest BCUT2D eigenvalue weighted by Crippen LogP contribution is -2.44. The fraction of sp³-hybridized carbons (Fsp3) is 0.529. The van der Waals surface area contributed by atoms with Gasteiger partial charge in [-0.2, -0.15) is 0 Å². The Labute approximate surface area is 132 Å². The summed E-state index contributed by atoms with van der Waals surface area (Å²) in [6.45, 7) is 8.56. The van der Waals surface area contributed by atoms with Gasteiger partial charge < -0.3 is 10.2 Å². The largest absolute Gasteiger partial charge is 0.342 e. The lowest BCUT2D eigenvalue weighted by molar-refractivity contribution is -0.128. The smallest absolute Gasteiger partial charge is 0.241 e. The molecule has 1 atom stereocenters. The van der Waals surface area contributed by atoms with Crippen molar-refractivity contribution >= 4 is 17.5 Å². The van der Waals surface area contributed by atoms with E-state index in [2.05, 4.69) is 10.2 Å². The summed E-state index contributed by atoms with van der Waals surface area (Å²) in [7, 11) is 0. The van der Waals surface area contributed by atoms with Gasteiger partial charge in [0.1, 0.15) is 0 Å². The number of carbonyl (C=O) groups is 2. The summed E-state index contributed by atoms with van der Waals surface area (Å²) in [6, 6.07) is 7.58. The van der Waals surface area contributed by atoms with Crippen LogP contribution in [0.1, 0.15) is 25.8 Å². The molecule has 120 valence electrons. The van der Waals surface area contributed by atoms with Crippen molar-refractivity contribution in [2.45, 2.75) is 33.2 Å². The van der Waals surface area contributed by atoms with E-state index in [1.807, 2.05) is 43.0 Å². The summed E-state index contributed by atoms with van der Waals surface area (Å²) < 4.78 is 0. The molecule has 1 N–H and O–H groups in total. The van der Waals surface area contributed by atoms with Gasteiger partial charge in [0.15, 0.2) is 0 Å². The van der Waals surface area contributed by atoms with Crippen LogP contribution in [0.2, 0.25) is 0 Å². The van der Waals surface area contributed by atoms with Gasteiger partial charge in [0.2, 0.25) is 11.8 Å². The molecule has 0 radical (unpaired) electrons. The lowest BCUT2D eigenvalue weighted by Gasteiger charge is -2.27. The van der Waals surface area contributed by atoms with Crippen molar-refractivity contribution in [1.82, 2.24) is 9.80 Å². The molecule has 0 aromatic heterocycles. The molecule has 1 aromatic carbocycles. The third kappa shape index (κ3) is 4.07. The molecule has 1 aliphatic heterocycles. The van der Waals surface area contributed by atoms with Crippen LogP contribution < -0.4 is 5.32 Å². The average Bonchev–Trinajstić information content (AvgIpc) is 2.74. The van der Waals surface area contributed by atoms with E-state index in [1.165, 1.54) is 0 Å². The second kappa shape index (κ2) is 7.40. The molecule has 1 saturated heterocycles. The second-order valence-corrected chi connectivity index (χ2v) is 5.88. The summed E-state index contributed by atoms with van der Waals surface area (Å²) in [5, 5.41) is 3.00. The Bertz CT molecular complexity index is 544. The van der Waals surface area contributed by atoms with Crippen molar-refractivity contribution in [3.63, 3.8) is 0 Å². The van der Waals surface area contributed by atoms with Crippen molar-refractivity contribution in [3.05, 3.63) is 29.8 Å². The number of benzene rings is 1. The number of nitrogens with zero attached hydrogens (tertiary/aromatic N) is 2. The number of nitrogens with one attached hydrogen (secondary N) is 1. The van der Waals surface area contributed by atoms with Gasteiger partial charge in [-0.3, -0.25) is 14.5 Å². The van der Waals surface area contributed by atoms with E-state index in [1.54, 1.807) is 6.92 Å². The summed E-state index contributed by atoms with van der Waals surface area (Å²) in [5.74, 6) is 0.115. The molecule has 0 aliphatic carbocycles. The van der Waals surface area contributed by atoms with Crippen molar-refractivity contribution in [2.75, 3.05) is 31.5 Å². The molecule has 1 unspecified atom stereocenters. The minimum Gasteiger partial charge on any atom is -0.342 e. The summed E-state index contributed by atoms with van der Waals surface area (Å²) >= 11 is 0. The maximum Gasteiger partial charge on any atom is 0.241 e. The first-order chi connectivity index (χ1) is 10.5. The standard InChI is InChI=1S/C17H25N3O2/c1-13-7-4-5-8-16(13)18-17(22)14(2)19-9-6-10-20(12-11-19)15(3)21/h4-5,7-8,14H,6,9-12H2,1-3H3,(H,18,22). The van der Waals surface area contributed by atoms with Crippen LogP contribution in [-0.2, 0) is 9.59 Å². The fourth-order valence-corrected chi connectivity index (χ4v) is 2.76. The number of amides is 2. The number of hydrogen-bond acceptors (Lipinski definition) is 3. The minimum atomic E-state index is -0.202. The highest BCUT2D eigenvalue weighted by Crippen LogP contribution is 2.15. The lowest BCUT2D eigenvalue weighted by atomic mass is 10.2. The Morgan fingerprint density at radius 2 is 1.86 bits per heavy atom. The maximum atomic E-state index is 12.5. The van der Waals surface area contributed by atoms with E-state index >= 15 is 0 Å². The van der Waals surface area contributed by atoms with Crippen molar-refractivity contribution in [2.24, 2.45) is 0 Å². The number of aryl methyl sites for hydroxylation is 1. The first-order valence-corrected chi connectivity index (χ1v) is 7.85. The van der Waals surface area contributed by atoms with Gasteiger partial charge in [0.05, 0.1) is 6.04 Å². The van der Waals surface area contributed by atoms with Crippen LogP contribution in [0.3, 0.4) is 0 Å². The predicted octanol–water partition coefficient (Wildman–Crippen LogP) is 1.88. The third-order valence-corrected chi connectivity index (χ3v) is 4.31. The third-order valence-electron chi connectivity index (χ3n) is 4.31. The Balaban J connectivity index is 1.96. The summed E-state index contributed by atoms with van der Waals surface area (Å²) in [4.78, 5) is 27.9. The predicted molar refractivity (Wildman–Crippen MR) is 87.7 cm³/mol. The quantitative estimate of drug-likeness (QED) is 0.927. The number of rotatable bonds is 3.